The van der Waals surface area contributed by atoms with Gasteiger partial charge in [0, 0.05) is 0 Å². The van der Waals surface area contributed by atoms with Gasteiger partial charge in [-0.2, -0.15) is 13.2 Å². The molecular formula is C10H7F3N2O2. The van der Waals surface area contributed by atoms with Crippen LogP contribution in [0.4, 0.5) is 13.2 Å². The molecule has 0 atom stereocenters. The van der Waals surface area contributed by atoms with Gasteiger partial charge in [0.1, 0.15) is 0 Å². The molecule has 0 unspecified atom stereocenters. The summed E-state index contributed by atoms with van der Waals surface area (Å²) < 4.78 is 41.9. The van der Waals surface area contributed by atoms with Crippen molar-refractivity contribution in [1.82, 2.24) is 9.97 Å². The van der Waals surface area contributed by atoms with E-state index in [-0.39, 0.29) is 16.9 Å². The Balaban J connectivity index is 2.68. The first-order chi connectivity index (χ1) is 7.91. The quantitative estimate of drug-likeness (QED) is 0.834. The number of ether oxygens (including phenoxy) is 1. The largest absolute Gasteiger partial charge is 0.477 e. The molecule has 0 amide bonds. The van der Waals surface area contributed by atoms with E-state index >= 15 is 0 Å². The lowest BCUT2D eigenvalue weighted by atomic mass is 10.2. The minimum Gasteiger partial charge on any atom is -0.477 e. The van der Waals surface area contributed by atoms with Crippen molar-refractivity contribution >= 4 is 11.0 Å². The Morgan fingerprint density at radius 1 is 1.35 bits per heavy atom. The summed E-state index contributed by atoms with van der Waals surface area (Å²) in [6.07, 6.45) is -4.45. The van der Waals surface area contributed by atoms with Crippen LogP contribution in [0, 0.1) is 0 Å². The molecule has 0 aliphatic rings. The molecule has 1 aromatic carbocycles. The Labute approximate surface area is 93.1 Å². The number of rotatable bonds is 1. The van der Waals surface area contributed by atoms with E-state index in [0.717, 1.165) is 12.1 Å². The summed E-state index contributed by atoms with van der Waals surface area (Å²) in [6.45, 7) is 0. The van der Waals surface area contributed by atoms with Crippen molar-refractivity contribution < 1.29 is 17.9 Å². The summed E-state index contributed by atoms with van der Waals surface area (Å²) in [7, 11) is 1.26. The lowest BCUT2D eigenvalue weighted by molar-refractivity contribution is -0.137. The van der Waals surface area contributed by atoms with Crippen molar-refractivity contribution in [3.05, 3.63) is 34.1 Å². The maximum Gasteiger partial charge on any atom is 0.416 e. The van der Waals surface area contributed by atoms with Crippen LogP contribution in [0.1, 0.15) is 5.56 Å². The normalized spacial score (nSPS) is 11.8. The standard InChI is InChI=1S/C10H7F3N2O2/c1-17-9-8(16)14-7-4-5(10(11,12)13)2-3-6(7)15-9/h2-4H,1H3,(H,14,16). The van der Waals surface area contributed by atoms with E-state index in [9.17, 15) is 18.0 Å². The molecular weight excluding hydrogens is 237 g/mol. The molecule has 0 spiro atoms. The monoisotopic (exact) mass is 244 g/mol. The van der Waals surface area contributed by atoms with Crippen LogP contribution in [0.2, 0.25) is 0 Å². The second-order valence-electron chi connectivity index (χ2n) is 3.30. The first kappa shape index (κ1) is 11.4. The maximum atomic E-state index is 12.4. The molecule has 2 rings (SSSR count). The summed E-state index contributed by atoms with van der Waals surface area (Å²) in [6, 6.07) is 2.91. The van der Waals surface area contributed by atoms with Crippen LogP contribution < -0.4 is 10.3 Å². The minimum atomic E-state index is -4.45. The van der Waals surface area contributed by atoms with Crippen LogP contribution in [0.25, 0.3) is 11.0 Å². The van der Waals surface area contributed by atoms with Gasteiger partial charge in [-0.3, -0.25) is 4.79 Å². The van der Waals surface area contributed by atoms with Crippen LogP contribution in [0.3, 0.4) is 0 Å². The Bertz CT molecular complexity index is 619. The molecule has 0 radical (unpaired) electrons. The molecule has 0 fully saturated rings. The van der Waals surface area contributed by atoms with E-state index in [1.165, 1.54) is 13.2 Å². The highest BCUT2D eigenvalue weighted by atomic mass is 19.4. The van der Waals surface area contributed by atoms with Gasteiger partial charge in [-0.05, 0) is 18.2 Å². The van der Waals surface area contributed by atoms with Gasteiger partial charge < -0.3 is 9.72 Å². The summed E-state index contributed by atoms with van der Waals surface area (Å²) in [5, 5.41) is 0. The zero-order chi connectivity index (χ0) is 12.6. The van der Waals surface area contributed by atoms with E-state index < -0.39 is 17.3 Å². The van der Waals surface area contributed by atoms with Crippen LogP contribution in [-0.4, -0.2) is 17.1 Å². The number of aromatic amines is 1. The highest BCUT2D eigenvalue weighted by Gasteiger charge is 2.30. The van der Waals surface area contributed by atoms with Crippen LogP contribution >= 0.6 is 0 Å². The SMILES string of the molecule is COc1nc2ccc(C(F)(F)F)cc2[nH]c1=O. The summed E-state index contributed by atoms with van der Waals surface area (Å²) >= 11 is 0. The molecule has 7 heteroatoms. The fourth-order valence-electron chi connectivity index (χ4n) is 1.38. The Kier molecular flexibility index (Phi) is 2.53. The third-order valence-electron chi connectivity index (χ3n) is 2.18. The zero-order valence-corrected chi connectivity index (χ0v) is 8.63. The summed E-state index contributed by atoms with van der Waals surface area (Å²) in [5.74, 6) is -0.183. The molecule has 0 saturated carbocycles. The maximum absolute atomic E-state index is 12.4. The average Bonchev–Trinajstić information content (AvgIpc) is 2.26. The number of methoxy groups -OCH3 is 1. The van der Waals surface area contributed by atoms with E-state index in [4.69, 9.17) is 0 Å². The molecule has 17 heavy (non-hydrogen) atoms. The van der Waals surface area contributed by atoms with Crippen molar-refractivity contribution in [2.45, 2.75) is 6.18 Å². The molecule has 4 nitrogen and oxygen atoms in total. The van der Waals surface area contributed by atoms with Crippen LogP contribution in [0.15, 0.2) is 23.0 Å². The average molecular weight is 244 g/mol. The van der Waals surface area contributed by atoms with E-state index in [1.807, 2.05) is 0 Å². The lowest BCUT2D eigenvalue weighted by Gasteiger charge is -2.07. The Morgan fingerprint density at radius 2 is 2.06 bits per heavy atom. The second kappa shape index (κ2) is 3.76. The minimum absolute atomic E-state index is 0.0191. The van der Waals surface area contributed by atoms with Crippen molar-refractivity contribution in [2.24, 2.45) is 0 Å². The first-order valence-corrected chi connectivity index (χ1v) is 4.57. The highest BCUT2D eigenvalue weighted by molar-refractivity contribution is 5.75. The molecule has 0 saturated heterocycles. The van der Waals surface area contributed by atoms with Crippen molar-refractivity contribution in [1.29, 1.82) is 0 Å². The van der Waals surface area contributed by atoms with Gasteiger partial charge in [-0.15, -0.1) is 0 Å². The van der Waals surface area contributed by atoms with Crippen LogP contribution in [0.5, 0.6) is 5.88 Å². The van der Waals surface area contributed by atoms with Crippen molar-refractivity contribution in [3.8, 4) is 5.88 Å². The number of aromatic nitrogens is 2. The van der Waals surface area contributed by atoms with Crippen molar-refractivity contribution in [2.75, 3.05) is 7.11 Å². The fourth-order valence-corrected chi connectivity index (χ4v) is 1.38. The fraction of sp³-hybridized carbons (Fsp3) is 0.200. The molecule has 0 aliphatic heterocycles. The molecule has 1 heterocycles. The Morgan fingerprint density at radius 3 is 2.65 bits per heavy atom. The number of alkyl halides is 3. The summed E-state index contributed by atoms with van der Waals surface area (Å²) in [5.41, 5.74) is -1.26. The molecule has 1 N–H and O–H groups in total. The van der Waals surface area contributed by atoms with Gasteiger partial charge in [0.2, 0.25) is 0 Å². The third kappa shape index (κ3) is 2.08. The number of benzene rings is 1. The number of nitrogens with one attached hydrogen (secondary N) is 1. The number of H-pyrrole nitrogens is 1. The smallest absolute Gasteiger partial charge is 0.416 e. The third-order valence-corrected chi connectivity index (χ3v) is 2.18. The van der Waals surface area contributed by atoms with Gasteiger partial charge in [-0.25, -0.2) is 4.98 Å². The molecule has 2 aromatic rings. The Hall–Kier alpha value is -2.05. The van der Waals surface area contributed by atoms with Gasteiger partial charge >= 0.3 is 11.7 Å². The van der Waals surface area contributed by atoms with Gasteiger partial charge in [0.05, 0.1) is 23.7 Å². The number of hydrogen-bond donors (Lipinski definition) is 1. The van der Waals surface area contributed by atoms with E-state index in [1.54, 1.807) is 0 Å². The van der Waals surface area contributed by atoms with Gasteiger partial charge in [-0.1, -0.05) is 0 Å². The summed E-state index contributed by atoms with van der Waals surface area (Å²) in [4.78, 5) is 17.4. The molecule has 90 valence electrons. The van der Waals surface area contributed by atoms with Gasteiger partial charge in [0.15, 0.2) is 0 Å². The molecule has 0 bridgehead atoms. The number of nitrogens with zero attached hydrogens (tertiary/aromatic N) is 1. The first-order valence-electron chi connectivity index (χ1n) is 4.57. The number of halogens is 3. The highest BCUT2D eigenvalue weighted by Crippen LogP contribution is 2.30. The van der Waals surface area contributed by atoms with Crippen LogP contribution in [-0.2, 0) is 6.18 Å². The predicted molar refractivity (Wildman–Crippen MR) is 53.9 cm³/mol. The lowest BCUT2D eigenvalue weighted by Crippen LogP contribution is -2.12. The van der Waals surface area contributed by atoms with Crippen molar-refractivity contribution in [3.63, 3.8) is 0 Å². The number of hydrogen-bond acceptors (Lipinski definition) is 3. The van der Waals surface area contributed by atoms with E-state index in [0.29, 0.717) is 0 Å². The van der Waals surface area contributed by atoms with Gasteiger partial charge in [0.25, 0.3) is 5.88 Å². The van der Waals surface area contributed by atoms with E-state index in [2.05, 4.69) is 14.7 Å². The molecule has 1 aromatic heterocycles. The predicted octanol–water partition coefficient (Wildman–Crippen LogP) is 1.95. The number of fused-ring (bicyclic) bond motifs is 1. The molecule has 0 aliphatic carbocycles. The zero-order valence-electron chi connectivity index (χ0n) is 8.63. The second-order valence-corrected chi connectivity index (χ2v) is 3.30. The topological polar surface area (TPSA) is 55.0 Å².